The van der Waals surface area contributed by atoms with Gasteiger partial charge in [-0.25, -0.2) is 9.97 Å². The van der Waals surface area contributed by atoms with Crippen LogP contribution in [0.25, 0.3) is 22.6 Å². The van der Waals surface area contributed by atoms with E-state index in [0.29, 0.717) is 11.6 Å². The normalized spacial score (nSPS) is 11.1. The van der Waals surface area contributed by atoms with Gasteiger partial charge < -0.3 is 10.4 Å². The predicted molar refractivity (Wildman–Crippen MR) is 102 cm³/mol. The number of anilines is 1. The summed E-state index contributed by atoms with van der Waals surface area (Å²) < 4.78 is 0. The van der Waals surface area contributed by atoms with Crippen molar-refractivity contribution in [2.24, 2.45) is 0 Å². The molecule has 2 aromatic carbocycles. The lowest BCUT2D eigenvalue weighted by atomic mass is 10.1. The fourth-order valence-corrected chi connectivity index (χ4v) is 2.39. The van der Waals surface area contributed by atoms with Crippen molar-refractivity contribution >= 4 is 5.82 Å². The Bertz CT molecular complexity index is 816. The summed E-state index contributed by atoms with van der Waals surface area (Å²) in [6.45, 7) is 3.84. The molecule has 0 saturated heterocycles. The van der Waals surface area contributed by atoms with Gasteiger partial charge in [-0.2, -0.15) is 0 Å². The molecule has 1 aromatic heterocycles. The first-order valence-electron chi connectivity index (χ1n) is 8.00. The number of nitrogens with zero attached hydrogens (tertiary/aromatic N) is 2. The van der Waals surface area contributed by atoms with Crippen molar-refractivity contribution in [3.8, 4) is 22.6 Å². The van der Waals surface area contributed by atoms with Gasteiger partial charge in [-0.15, -0.1) is 0 Å². The lowest BCUT2D eigenvalue weighted by Gasteiger charge is -2.10. The van der Waals surface area contributed by atoms with Gasteiger partial charge >= 0.3 is 0 Å². The quantitative estimate of drug-likeness (QED) is 0.501. The van der Waals surface area contributed by atoms with Crippen molar-refractivity contribution < 1.29 is 5.11 Å². The maximum atomic E-state index is 9.77. The Hall–Kier alpha value is -3.40. The smallest absolute Gasteiger partial charge is 0.162 e. The second-order valence-electron chi connectivity index (χ2n) is 5.44. The van der Waals surface area contributed by atoms with E-state index in [2.05, 4.69) is 16.9 Å². The standard InChI is InChI=1S/C21H19N3O/c1-2-9-18(25)15-22-20-14-19(16-10-5-3-6-11-16)23-21(24-20)17-12-7-4-8-13-17/h2-14,25H,1,15H2,(H,22,23,24)/b18-9-. The summed E-state index contributed by atoms with van der Waals surface area (Å²) in [4.78, 5) is 9.27. The fourth-order valence-electron chi connectivity index (χ4n) is 2.39. The fraction of sp³-hybridized carbons (Fsp3) is 0.0476. The molecule has 0 amide bonds. The largest absolute Gasteiger partial charge is 0.510 e. The zero-order valence-corrected chi connectivity index (χ0v) is 13.8. The minimum absolute atomic E-state index is 0.191. The second-order valence-corrected chi connectivity index (χ2v) is 5.44. The van der Waals surface area contributed by atoms with Crippen LogP contribution >= 0.6 is 0 Å². The van der Waals surface area contributed by atoms with Crippen molar-refractivity contribution in [1.82, 2.24) is 9.97 Å². The number of hydrogen-bond donors (Lipinski definition) is 2. The van der Waals surface area contributed by atoms with Crippen LogP contribution in [0, 0.1) is 0 Å². The third kappa shape index (κ3) is 4.32. The molecule has 2 N–H and O–H groups in total. The average molecular weight is 329 g/mol. The summed E-state index contributed by atoms with van der Waals surface area (Å²) in [7, 11) is 0. The van der Waals surface area contributed by atoms with E-state index in [-0.39, 0.29) is 12.3 Å². The molecule has 0 spiro atoms. The average Bonchev–Trinajstić information content (AvgIpc) is 2.68. The number of aliphatic hydroxyl groups excluding tert-OH is 1. The van der Waals surface area contributed by atoms with Crippen molar-refractivity contribution in [2.75, 3.05) is 11.9 Å². The Balaban J connectivity index is 1.99. The lowest BCUT2D eigenvalue weighted by Crippen LogP contribution is -2.07. The van der Waals surface area contributed by atoms with Crippen LogP contribution in [-0.2, 0) is 0 Å². The SMILES string of the molecule is C=C/C=C(\O)CNc1cc(-c2ccccc2)nc(-c2ccccc2)n1. The molecule has 4 heteroatoms. The second kappa shape index (κ2) is 7.93. The summed E-state index contributed by atoms with van der Waals surface area (Å²) in [5.74, 6) is 1.48. The summed E-state index contributed by atoms with van der Waals surface area (Å²) in [6, 6.07) is 21.7. The van der Waals surface area contributed by atoms with Gasteiger partial charge in [-0.3, -0.25) is 0 Å². The van der Waals surface area contributed by atoms with E-state index in [9.17, 15) is 5.11 Å². The van der Waals surface area contributed by atoms with E-state index in [1.165, 1.54) is 0 Å². The molecule has 0 saturated carbocycles. The molecular weight excluding hydrogens is 310 g/mol. The highest BCUT2D eigenvalue weighted by atomic mass is 16.3. The van der Waals surface area contributed by atoms with Gasteiger partial charge in [0.1, 0.15) is 11.6 Å². The molecule has 4 nitrogen and oxygen atoms in total. The first-order chi connectivity index (χ1) is 12.3. The summed E-state index contributed by atoms with van der Waals surface area (Å²) in [6.07, 6.45) is 3.09. The Kier molecular flexibility index (Phi) is 5.22. The van der Waals surface area contributed by atoms with Crippen LogP contribution in [0.1, 0.15) is 0 Å². The van der Waals surface area contributed by atoms with Crippen LogP contribution in [0.4, 0.5) is 5.82 Å². The van der Waals surface area contributed by atoms with Crippen LogP contribution < -0.4 is 5.32 Å². The predicted octanol–water partition coefficient (Wildman–Crippen LogP) is 4.85. The van der Waals surface area contributed by atoms with Gasteiger partial charge in [0.15, 0.2) is 5.82 Å². The van der Waals surface area contributed by atoms with Gasteiger partial charge in [0, 0.05) is 17.2 Å². The molecule has 3 rings (SSSR count). The van der Waals surface area contributed by atoms with Crippen LogP contribution in [0.2, 0.25) is 0 Å². The Morgan fingerprint density at radius 1 is 0.960 bits per heavy atom. The molecule has 124 valence electrons. The van der Waals surface area contributed by atoms with Gasteiger partial charge in [0.05, 0.1) is 12.2 Å². The highest BCUT2D eigenvalue weighted by molar-refractivity contribution is 5.67. The lowest BCUT2D eigenvalue weighted by molar-refractivity contribution is 0.408. The highest BCUT2D eigenvalue weighted by Gasteiger charge is 2.08. The molecule has 25 heavy (non-hydrogen) atoms. The van der Waals surface area contributed by atoms with Crippen molar-refractivity contribution in [3.63, 3.8) is 0 Å². The molecule has 0 aliphatic rings. The molecule has 0 atom stereocenters. The molecule has 0 bridgehead atoms. The summed E-state index contributed by atoms with van der Waals surface area (Å²) >= 11 is 0. The van der Waals surface area contributed by atoms with E-state index in [4.69, 9.17) is 4.98 Å². The van der Waals surface area contributed by atoms with Crippen molar-refractivity contribution in [3.05, 3.63) is 91.2 Å². The zero-order chi connectivity index (χ0) is 17.5. The van der Waals surface area contributed by atoms with Gasteiger partial charge in [0.25, 0.3) is 0 Å². The Morgan fingerprint density at radius 3 is 2.24 bits per heavy atom. The van der Waals surface area contributed by atoms with E-state index >= 15 is 0 Å². The molecule has 0 radical (unpaired) electrons. The molecule has 0 aliphatic heterocycles. The number of hydrogen-bond acceptors (Lipinski definition) is 4. The highest BCUT2D eigenvalue weighted by Crippen LogP contribution is 2.24. The van der Waals surface area contributed by atoms with Crippen LogP contribution in [0.15, 0.2) is 91.2 Å². The topological polar surface area (TPSA) is 58.0 Å². The van der Waals surface area contributed by atoms with Crippen LogP contribution in [0.3, 0.4) is 0 Å². The van der Waals surface area contributed by atoms with E-state index in [0.717, 1.165) is 16.8 Å². The summed E-state index contributed by atoms with van der Waals surface area (Å²) in [5.41, 5.74) is 2.77. The molecule has 3 aromatic rings. The van der Waals surface area contributed by atoms with Gasteiger partial charge in [-0.05, 0) is 6.08 Å². The number of nitrogens with one attached hydrogen (secondary N) is 1. The van der Waals surface area contributed by atoms with Gasteiger partial charge in [0.2, 0.25) is 0 Å². The number of benzene rings is 2. The Labute approximate surface area is 147 Å². The Morgan fingerprint density at radius 2 is 1.60 bits per heavy atom. The third-order valence-corrected chi connectivity index (χ3v) is 3.59. The zero-order valence-electron chi connectivity index (χ0n) is 13.8. The van der Waals surface area contributed by atoms with Crippen LogP contribution in [0.5, 0.6) is 0 Å². The molecule has 0 unspecified atom stereocenters. The number of rotatable bonds is 6. The van der Waals surface area contributed by atoms with Crippen molar-refractivity contribution in [2.45, 2.75) is 0 Å². The number of aromatic nitrogens is 2. The van der Waals surface area contributed by atoms with E-state index in [1.54, 1.807) is 12.2 Å². The maximum Gasteiger partial charge on any atom is 0.162 e. The first kappa shape index (κ1) is 16.5. The molecule has 1 heterocycles. The number of aliphatic hydroxyl groups is 1. The minimum Gasteiger partial charge on any atom is -0.510 e. The number of allylic oxidation sites excluding steroid dienone is 2. The van der Waals surface area contributed by atoms with Crippen LogP contribution in [-0.4, -0.2) is 21.6 Å². The minimum atomic E-state index is 0.191. The van der Waals surface area contributed by atoms with Crippen molar-refractivity contribution in [1.29, 1.82) is 0 Å². The van der Waals surface area contributed by atoms with E-state index < -0.39 is 0 Å². The van der Waals surface area contributed by atoms with Gasteiger partial charge in [-0.1, -0.05) is 73.3 Å². The molecular formula is C21H19N3O. The first-order valence-corrected chi connectivity index (χ1v) is 8.00. The molecule has 0 fully saturated rings. The third-order valence-electron chi connectivity index (χ3n) is 3.59. The summed E-state index contributed by atoms with van der Waals surface area (Å²) in [5, 5.41) is 12.9. The van der Waals surface area contributed by atoms with E-state index in [1.807, 2.05) is 66.7 Å². The monoisotopic (exact) mass is 329 g/mol. The maximum absolute atomic E-state index is 9.77. The molecule has 0 aliphatic carbocycles.